The van der Waals surface area contributed by atoms with Crippen molar-refractivity contribution in [3.05, 3.63) is 58.7 Å². The first-order chi connectivity index (χ1) is 9.88. The SMILES string of the molecule is CCc1cccc(-c2c(F)c(F)c(C(=O)O)c(F)c2F)c1. The fourth-order valence-corrected chi connectivity index (χ4v) is 2.02. The molecule has 0 heterocycles. The van der Waals surface area contributed by atoms with Gasteiger partial charge in [-0.15, -0.1) is 0 Å². The van der Waals surface area contributed by atoms with Gasteiger partial charge in [0, 0.05) is 0 Å². The van der Waals surface area contributed by atoms with E-state index in [1.54, 1.807) is 13.0 Å². The summed E-state index contributed by atoms with van der Waals surface area (Å²) in [6, 6.07) is 5.87. The maximum absolute atomic E-state index is 13.9. The van der Waals surface area contributed by atoms with Crippen LogP contribution in [0, 0.1) is 23.3 Å². The Balaban J connectivity index is 2.79. The maximum Gasteiger partial charge on any atom is 0.341 e. The molecule has 0 aromatic heterocycles. The highest BCUT2D eigenvalue weighted by Crippen LogP contribution is 2.32. The largest absolute Gasteiger partial charge is 0.477 e. The minimum absolute atomic E-state index is 0.0564. The molecule has 2 nitrogen and oxygen atoms in total. The molecular weight excluding hydrogens is 288 g/mol. The first kappa shape index (κ1) is 15.0. The Morgan fingerprint density at radius 1 is 1.05 bits per heavy atom. The van der Waals surface area contributed by atoms with Crippen LogP contribution in [0.1, 0.15) is 22.8 Å². The van der Waals surface area contributed by atoms with E-state index in [-0.39, 0.29) is 5.56 Å². The zero-order valence-corrected chi connectivity index (χ0v) is 10.9. The summed E-state index contributed by atoms with van der Waals surface area (Å²) in [4.78, 5) is 10.7. The molecule has 0 bridgehead atoms. The molecule has 21 heavy (non-hydrogen) atoms. The summed E-state index contributed by atoms with van der Waals surface area (Å²) in [7, 11) is 0. The Hall–Kier alpha value is -2.37. The summed E-state index contributed by atoms with van der Waals surface area (Å²) in [6.07, 6.45) is 0.565. The van der Waals surface area contributed by atoms with Crippen molar-refractivity contribution in [2.24, 2.45) is 0 Å². The fraction of sp³-hybridized carbons (Fsp3) is 0.133. The number of carboxylic acids is 1. The summed E-state index contributed by atoms with van der Waals surface area (Å²) in [6.45, 7) is 1.81. The molecule has 0 radical (unpaired) electrons. The topological polar surface area (TPSA) is 37.3 Å². The lowest BCUT2D eigenvalue weighted by Crippen LogP contribution is -2.11. The Bertz CT molecular complexity index is 697. The molecule has 0 saturated heterocycles. The number of aromatic carboxylic acids is 1. The Kier molecular flexibility index (Phi) is 3.97. The molecule has 2 aromatic rings. The third kappa shape index (κ3) is 2.49. The first-order valence-electron chi connectivity index (χ1n) is 6.07. The summed E-state index contributed by atoms with van der Waals surface area (Å²) < 4.78 is 55.2. The lowest BCUT2D eigenvalue weighted by atomic mass is 9.98. The molecule has 0 amide bonds. The van der Waals surface area contributed by atoms with Crippen molar-refractivity contribution in [1.29, 1.82) is 0 Å². The summed E-state index contributed by atoms with van der Waals surface area (Å²) >= 11 is 0. The van der Waals surface area contributed by atoms with Crippen molar-refractivity contribution in [2.45, 2.75) is 13.3 Å². The van der Waals surface area contributed by atoms with E-state index in [9.17, 15) is 22.4 Å². The van der Waals surface area contributed by atoms with E-state index in [4.69, 9.17) is 5.11 Å². The lowest BCUT2D eigenvalue weighted by molar-refractivity contribution is 0.0683. The average molecular weight is 298 g/mol. The number of benzene rings is 2. The van der Waals surface area contributed by atoms with E-state index in [2.05, 4.69) is 0 Å². The number of rotatable bonds is 3. The van der Waals surface area contributed by atoms with E-state index in [1.807, 2.05) is 0 Å². The molecule has 110 valence electrons. The first-order valence-corrected chi connectivity index (χ1v) is 6.07. The molecule has 0 spiro atoms. The monoisotopic (exact) mass is 298 g/mol. The van der Waals surface area contributed by atoms with Crippen LogP contribution in [0.5, 0.6) is 0 Å². The zero-order chi connectivity index (χ0) is 15.7. The third-order valence-corrected chi connectivity index (χ3v) is 3.10. The summed E-state index contributed by atoms with van der Waals surface area (Å²) in [5.74, 6) is -9.35. The van der Waals surface area contributed by atoms with Gasteiger partial charge in [-0.2, -0.15) is 0 Å². The molecule has 0 fully saturated rings. The molecule has 0 aliphatic carbocycles. The molecule has 1 N–H and O–H groups in total. The van der Waals surface area contributed by atoms with E-state index in [1.165, 1.54) is 18.2 Å². The predicted molar refractivity (Wildman–Crippen MR) is 68.0 cm³/mol. The smallest absolute Gasteiger partial charge is 0.341 e. The normalized spacial score (nSPS) is 10.7. The molecule has 0 aliphatic rings. The molecule has 0 aliphatic heterocycles. The van der Waals surface area contributed by atoms with Crippen LogP contribution in [0.15, 0.2) is 24.3 Å². The van der Waals surface area contributed by atoms with Crippen molar-refractivity contribution >= 4 is 5.97 Å². The quantitative estimate of drug-likeness (QED) is 0.682. The van der Waals surface area contributed by atoms with Crippen LogP contribution in [-0.4, -0.2) is 11.1 Å². The van der Waals surface area contributed by atoms with Gasteiger partial charge in [-0.05, 0) is 17.5 Å². The van der Waals surface area contributed by atoms with E-state index < -0.39 is 40.4 Å². The minimum Gasteiger partial charge on any atom is -0.477 e. The maximum atomic E-state index is 13.9. The Morgan fingerprint density at radius 3 is 2.10 bits per heavy atom. The predicted octanol–water partition coefficient (Wildman–Crippen LogP) is 4.17. The van der Waals surface area contributed by atoms with Gasteiger partial charge in [-0.1, -0.05) is 31.2 Å². The van der Waals surface area contributed by atoms with Gasteiger partial charge in [0.2, 0.25) is 0 Å². The zero-order valence-electron chi connectivity index (χ0n) is 10.9. The number of carbonyl (C=O) groups is 1. The highest BCUT2D eigenvalue weighted by molar-refractivity contribution is 5.89. The highest BCUT2D eigenvalue weighted by atomic mass is 19.2. The molecular formula is C15H10F4O2. The summed E-state index contributed by atoms with van der Waals surface area (Å²) in [5.41, 5.74) is -1.89. The van der Waals surface area contributed by atoms with Gasteiger partial charge in [0.15, 0.2) is 23.3 Å². The number of carboxylic acid groups (broad SMARTS) is 1. The number of hydrogen-bond donors (Lipinski definition) is 1. The van der Waals surface area contributed by atoms with Gasteiger partial charge in [-0.25, -0.2) is 22.4 Å². The van der Waals surface area contributed by atoms with Crippen LogP contribution < -0.4 is 0 Å². The van der Waals surface area contributed by atoms with E-state index in [0.717, 1.165) is 5.56 Å². The van der Waals surface area contributed by atoms with Crippen LogP contribution in [0.3, 0.4) is 0 Å². The van der Waals surface area contributed by atoms with Crippen LogP contribution in [-0.2, 0) is 6.42 Å². The van der Waals surface area contributed by atoms with Gasteiger partial charge in [0.25, 0.3) is 0 Å². The van der Waals surface area contributed by atoms with Gasteiger partial charge >= 0.3 is 5.97 Å². The number of aryl methyl sites for hydroxylation is 1. The van der Waals surface area contributed by atoms with E-state index >= 15 is 0 Å². The Morgan fingerprint density at radius 2 is 1.62 bits per heavy atom. The fourth-order valence-electron chi connectivity index (χ4n) is 2.02. The summed E-state index contributed by atoms with van der Waals surface area (Å²) in [5, 5.41) is 8.63. The molecule has 0 atom stereocenters. The third-order valence-electron chi connectivity index (χ3n) is 3.10. The van der Waals surface area contributed by atoms with Gasteiger partial charge in [-0.3, -0.25) is 0 Å². The highest BCUT2D eigenvalue weighted by Gasteiger charge is 2.29. The molecule has 2 aromatic carbocycles. The number of hydrogen-bond acceptors (Lipinski definition) is 1. The van der Waals surface area contributed by atoms with Gasteiger partial charge in [0.1, 0.15) is 5.56 Å². The second-order valence-electron chi connectivity index (χ2n) is 4.37. The van der Waals surface area contributed by atoms with E-state index in [0.29, 0.717) is 6.42 Å². The molecule has 6 heteroatoms. The van der Waals surface area contributed by atoms with Crippen molar-refractivity contribution in [3.8, 4) is 11.1 Å². The van der Waals surface area contributed by atoms with Crippen LogP contribution in [0.25, 0.3) is 11.1 Å². The molecule has 2 rings (SSSR count). The van der Waals surface area contributed by atoms with Crippen LogP contribution in [0.4, 0.5) is 17.6 Å². The average Bonchev–Trinajstić information content (AvgIpc) is 2.45. The van der Waals surface area contributed by atoms with Gasteiger partial charge < -0.3 is 5.11 Å². The van der Waals surface area contributed by atoms with Gasteiger partial charge in [0.05, 0.1) is 5.56 Å². The lowest BCUT2D eigenvalue weighted by Gasteiger charge is -2.11. The van der Waals surface area contributed by atoms with Crippen molar-refractivity contribution in [2.75, 3.05) is 0 Å². The number of halogens is 4. The molecule has 0 unspecified atom stereocenters. The second kappa shape index (κ2) is 5.55. The second-order valence-corrected chi connectivity index (χ2v) is 4.37. The standard InChI is InChI=1S/C15H10F4O2/c1-2-7-4-3-5-8(6-7)9-11(16)13(18)10(15(20)21)14(19)12(9)17/h3-6H,2H2,1H3,(H,20,21). The van der Waals surface area contributed by atoms with Crippen LogP contribution >= 0.6 is 0 Å². The van der Waals surface area contributed by atoms with Crippen molar-refractivity contribution in [3.63, 3.8) is 0 Å². The molecule has 0 saturated carbocycles. The minimum atomic E-state index is -2.07. The Labute approximate surface area is 117 Å². The van der Waals surface area contributed by atoms with Crippen LogP contribution in [0.2, 0.25) is 0 Å². The van der Waals surface area contributed by atoms with Crippen molar-refractivity contribution in [1.82, 2.24) is 0 Å². The van der Waals surface area contributed by atoms with Crippen molar-refractivity contribution < 1.29 is 27.5 Å².